The summed E-state index contributed by atoms with van der Waals surface area (Å²) >= 11 is 0. The number of hydrogen-bond donors (Lipinski definition) is 2. The molecule has 8 nitrogen and oxygen atoms in total. The molecule has 1 aromatic carbocycles. The molecule has 2 aromatic rings. The highest BCUT2D eigenvalue weighted by atomic mass is 16.6. The number of aromatic nitrogens is 2. The van der Waals surface area contributed by atoms with Gasteiger partial charge in [-0.25, -0.2) is 0 Å². The van der Waals surface area contributed by atoms with Crippen molar-refractivity contribution in [1.82, 2.24) is 15.5 Å². The number of nitrogens with one attached hydrogen (secondary N) is 2. The van der Waals surface area contributed by atoms with E-state index in [-0.39, 0.29) is 17.3 Å². The molecule has 0 aliphatic heterocycles. The van der Waals surface area contributed by atoms with Gasteiger partial charge in [-0.15, -0.1) is 0 Å². The smallest absolute Gasteiger partial charge is 0.319 e. The predicted octanol–water partition coefficient (Wildman–Crippen LogP) is 2.18. The van der Waals surface area contributed by atoms with Crippen LogP contribution in [0.5, 0.6) is 5.75 Å². The van der Waals surface area contributed by atoms with E-state index in [4.69, 9.17) is 4.74 Å². The number of ether oxygens (including phenoxy) is 1. The fourth-order valence-electron chi connectivity index (χ4n) is 3.12. The third-order valence-electron chi connectivity index (χ3n) is 4.34. The number of methoxy groups -OCH3 is 1. The van der Waals surface area contributed by atoms with Crippen LogP contribution in [-0.4, -0.2) is 34.7 Å². The first-order valence-corrected chi connectivity index (χ1v) is 7.73. The van der Waals surface area contributed by atoms with Crippen LogP contribution in [0.25, 0.3) is 0 Å². The van der Waals surface area contributed by atoms with Crippen molar-refractivity contribution in [2.75, 3.05) is 13.7 Å². The van der Waals surface area contributed by atoms with Crippen molar-refractivity contribution in [3.05, 3.63) is 51.3 Å². The molecule has 126 valence electrons. The Morgan fingerprint density at radius 3 is 3.12 bits per heavy atom. The summed E-state index contributed by atoms with van der Waals surface area (Å²) in [5, 5.41) is 19.6. The van der Waals surface area contributed by atoms with Gasteiger partial charge in [0.15, 0.2) is 0 Å². The van der Waals surface area contributed by atoms with Gasteiger partial charge in [-0.2, -0.15) is 5.10 Å². The van der Waals surface area contributed by atoms with Gasteiger partial charge in [-0.1, -0.05) is 6.07 Å². The number of carbonyl (C=O) groups is 1. The van der Waals surface area contributed by atoms with E-state index in [2.05, 4.69) is 15.5 Å². The minimum absolute atomic E-state index is 0.120. The topological polar surface area (TPSA) is 110 Å². The van der Waals surface area contributed by atoms with E-state index in [0.717, 1.165) is 31.2 Å². The summed E-state index contributed by atoms with van der Waals surface area (Å²) in [6.45, 7) is 0.425. The third kappa shape index (κ3) is 3.08. The Labute approximate surface area is 138 Å². The molecule has 1 aromatic heterocycles. The molecule has 1 heterocycles. The van der Waals surface area contributed by atoms with E-state index in [1.165, 1.54) is 11.1 Å². The first-order chi connectivity index (χ1) is 11.6. The zero-order valence-electron chi connectivity index (χ0n) is 13.2. The minimum atomic E-state index is -0.624. The number of hydrogen-bond acceptors (Lipinski definition) is 5. The van der Waals surface area contributed by atoms with Crippen LogP contribution < -0.4 is 10.1 Å². The van der Waals surface area contributed by atoms with Crippen molar-refractivity contribution in [2.45, 2.75) is 25.2 Å². The number of rotatable bonds is 5. The number of fused-ring (bicyclic) bond motifs is 1. The Kier molecular flexibility index (Phi) is 4.45. The summed E-state index contributed by atoms with van der Waals surface area (Å²) in [4.78, 5) is 22.4. The maximum absolute atomic E-state index is 12.2. The van der Waals surface area contributed by atoms with Crippen LogP contribution in [0.2, 0.25) is 0 Å². The quantitative estimate of drug-likeness (QED) is 0.645. The number of nitrogens with zero attached hydrogens (tertiary/aromatic N) is 2. The van der Waals surface area contributed by atoms with E-state index in [9.17, 15) is 14.9 Å². The zero-order valence-corrected chi connectivity index (χ0v) is 13.2. The highest BCUT2D eigenvalue weighted by Gasteiger charge is 2.25. The average molecular weight is 330 g/mol. The Morgan fingerprint density at radius 2 is 2.38 bits per heavy atom. The zero-order chi connectivity index (χ0) is 17.1. The van der Waals surface area contributed by atoms with Gasteiger partial charge in [0.25, 0.3) is 5.91 Å². The summed E-state index contributed by atoms with van der Waals surface area (Å²) < 4.78 is 5.25. The summed E-state index contributed by atoms with van der Waals surface area (Å²) in [6, 6.07) is 5.98. The Balaban J connectivity index is 1.71. The number of benzene rings is 1. The third-order valence-corrected chi connectivity index (χ3v) is 4.34. The molecule has 0 saturated heterocycles. The lowest BCUT2D eigenvalue weighted by atomic mass is 9.82. The molecule has 1 aliphatic rings. The highest BCUT2D eigenvalue weighted by Crippen LogP contribution is 2.33. The summed E-state index contributed by atoms with van der Waals surface area (Å²) in [5.41, 5.74) is 1.99. The van der Waals surface area contributed by atoms with Gasteiger partial charge in [-0.3, -0.25) is 20.0 Å². The molecule has 1 amide bonds. The normalized spacial score (nSPS) is 16.3. The second-order valence-electron chi connectivity index (χ2n) is 5.75. The largest absolute Gasteiger partial charge is 0.497 e. The second-order valence-corrected chi connectivity index (χ2v) is 5.75. The van der Waals surface area contributed by atoms with Crippen LogP contribution in [0.15, 0.2) is 24.4 Å². The number of H-pyrrole nitrogens is 1. The number of carbonyl (C=O) groups excluding carboxylic acids is 1. The maximum Gasteiger partial charge on any atom is 0.319 e. The van der Waals surface area contributed by atoms with Crippen molar-refractivity contribution in [1.29, 1.82) is 0 Å². The Bertz CT molecular complexity index is 771. The van der Waals surface area contributed by atoms with Crippen LogP contribution in [-0.2, 0) is 6.42 Å². The summed E-state index contributed by atoms with van der Waals surface area (Å²) in [5.74, 6) is 0.497. The molecule has 0 saturated carbocycles. The van der Waals surface area contributed by atoms with Crippen molar-refractivity contribution < 1.29 is 14.5 Å². The van der Waals surface area contributed by atoms with E-state index >= 15 is 0 Å². The van der Waals surface area contributed by atoms with E-state index in [1.54, 1.807) is 7.11 Å². The van der Waals surface area contributed by atoms with Gasteiger partial charge in [0.05, 0.1) is 12.0 Å². The molecular formula is C16H18N4O4. The Morgan fingerprint density at radius 1 is 1.54 bits per heavy atom. The minimum Gasteiger partial charge on any atom is -0.497 e. The fraction of sp³-hybridized carbons (Fsp3) is 0.375. The monoisotopic (exact) mass is 330 g/mol. The van der Waals surface area contributed by atoms with Gasteiger partial charge in [0.2, 0.25) is 5.69 Å². The van der Waals surface area contributed by atoms with Gasteiger partial charge >= 0.3 is 5.69 Å². The number of aromatic amines is 1. The van der Waals surface area contributed by atoms with Gasteiger partial charge < -0.3 is 10.1 Å². The average Bonchev–Trinajstić information content (AvgIpc) is 3.09. The highest BCUT2D eigenvalue weighted by molar-refractivity contribution is 5.96. The fourth-order valence-corrected chi connectivity index (χ4v) is 3.12. The van der Waals surface area contributed by atoms with Crippen LogP contribution >= 0.6 is 0 Å². The number of amides is 1. The van der Waals surface area contributed by atoms with Crippen LogP contribution in [0, 0.1) is 10.1 Å². The second kappa shape index (κ2) is 6.69. The maximum atomic E-state index is 12.2. The van der Waals surface area contributed by atoms with Gasteiger partial charge in [0, 0.05) is 12.5 Å². The first kappa shape index (κ1) is 16.0. The number of aryl methyl sites for hydroxylation is 1. The molecule has 0 fully saturated rings. The van der Waals surface area contributed by atoms with Crippen LogP contribution in [0.3, 0.4) is 0 Å². The molecule has 24 heavy (non-hydrogen) atoms. The molecule has 0 unspecified atom stereocenters. The standard InChI is InChI=1S/C16H18N4O4/c1-24-12-5-6-13-10(7-12)3-2-4-11(13)8-17-16(21)15-14(20(22)23)9-18-19-15/h5-7,9,11H,2-4,8H2,1H3,(H,17,21)(H,18,19)/t11-/m0/s1. The molecule has 0 spiro atoms. The summed E-state index contributed by atoms with van der Waals surface area (Å²) in [7, 11) is 1.64. The SMILES string of the molecule is COc1ccc2c(c1)CCC[C@H]2CNC(=O)c1[nH]ncc1[N+](=O)[O-]. The molecule has 1 aliphatic carbocycles. The van der Waals surface area contributed by atoms with Crippen molar-refractivity contribution in [3.63, 3.8) is 0 Å². The molecule has 0 bridgehead atoms. The van der Waals surface area contributed by atoms with Crippen molar-refractivity contribution in [3.8, 4) is 5.75 Å². The molecule has 3 rings (SSSR count). The van der Waals surface area contributed by atoms with Crippen molar-refractivity contribution >= 4 is 11.6 Å². The molecule has 1 atom stereocenters. The van der Waals surface area contributed by atoms with Crippen LogP contribution in [0.1, 0.15) is 40.4 Å². The molecule has 2 N–H and O–H groups in total. The molecule has 0 radical (unpaired) electrons. The van der Waals surface area contributed by atoms with Gasteiger partial charge in [-0.05, 0) is 42.5 Å². The van der Waals surface area contributed by atoms with Crippen molar-refractivity contribution in [2.24, 2.45) is 0 Å². The van der Waals surface area contributed by atoms with Crippen LogP contribution in [0.4, 0.5) is 5.69 Å². The Hall–Kier alpha value is -2.90. The molecule has 8 heteroatoms. The number of nitro groups is 1. The predicted molar refractivity (Wildman–Crippen MR) is 86.2 cm³/mol. The van der Waals surface area contributed by atoms with Gasteiger partial charge in [0.1, 0.15) is 11.9 Å². The summed E-state index contributed by atoms with van der Waals surface area (Å²) in [6.07, 6.45) is 4.02. The lowest BCUT2D eigenvalue weighted by molar-refractivity contribution is -0.385. The first-order valence-electron chi connectivity index (χ1n) is 7.73. The van der Waals surface area contributed by atoms with E-state index < -0.39 is 10.8 Å². The lowest BCUT2D eigenvalue weighted by Crippen LogP contribution is -2.30. The van der Waals surface area contributed by atoms with E-state index in [1.807, 2.05) is 18.2 Å². The van der Waals surface area contributed by atoms with E-state index in [0.29, 0.717) is 6.54 Å². The molecular weight excluding hydrogens is 312 g/mol. The lowest BCUT2D eigenvalue weighted by Gasteiger charge is -2.26.